The van der Waals surface area contributed by atoms with E-state index in [1.807, 2.05) is 0 Å². The van der Waals surface area contributed by atoms with Gasteiger partial charge >= 0.3 is 150 Å². The number of halogens is 2. The second kappa shape index (κ2) is 7.87. The molecule has 0 nitrogen and oxygen atoms in total. The summed E-state index contributed by atoms with van der Waals surface area (Å²) in [6.07, 6.45) is 4.80. The molecule has 121 valence electrons. The summed E-state index contributed by atoms with van der Waals surface area (Å²) < 4.78 is 1.65. The summed E-state index contributed by atoms with van der Waals surface area (Å²) in [4.78, 5) is 0. The summed E-state index contributed by atoms with van der Waals surface area (Å²) in [6.45, 7) is 4.91. The van der Waals surface area contributed by atoms with Crippen molar-refractivity contribution >= 4 is 14.4 Å². The molecule has 0 saturated carbocycles. The second-order valence-electron chi connectivity index (χ2n) is 6.54. The van der Waals surface area contributed by atoms with E-state index in [1.54, 1.807) is 44.3 Å². The van der Waals surface area contributed by atoms with Crippen molar-refractivity contribution in [1.29, 1.82) is 0 Å². The van der Waals surface area contributed by atoms with Crippen molar-refractivity contribution in [2.45, 2.75) is 25.9 Å². The van der Waals surface area contributed by atoms with Gasteiger partial charge in [-0.25, -0.2) is 0 Å². The number of hydrogen-bond donors (Lipinski definition) is 0. The number of rotatable bonds is 2. The van der Waals surface area contributed by atoms with Crippen molar-refractivity contribution in [2.24, 2.45) is 0 Å². The maximum Gasteiger partial charge on any atom is -1.00 e. The molecule has 0 bridgehead atoms. The third kappa shape index (κ3) is 3.19. The maximum absolute atomic E-state index is 2.51. The monoisotopic (exact) mass is 447 g/mol. The van der Waals surface area contributed by atoms with Crippen LogP contribution in [0.4, 0.5) is 0 Å². The first-order valence-corrected chi connectivity index (χ1v) is 12.1. The van der Waals surface area contributed by atoms with Crippen molar-refractivity contribution < 1.29 is 49.5 Å². The van der Waals surface area contributed by atoms with E-state index in [2.05, 4.69) is 61.6 Å². The summed E-state index contributed by atoms with van der Waals surface area (Å²) >= 11 is 1.58. The molecule has 0 aromatic heterocycles. The van der Waals surface area contributed by atoms with Gasteiger partial charge in [0.1, 0.15) is 0 Å². The SMILES string of the molecule is C[SiH](C)C1=CC[C]([Zr+2])=C1c1cccc2c1Cc1ccccc1-2.[Cl-].[Cl-]. The molecule has 0 unspecified atom stereocenters. The van der Waals surface area contributed by atoms with Crippen LogP contribution in [-0.2, 0) is 31.1 Å². The van der Waals surface area contributed by atoms with Crippen LogP contribution in [0.2, 0.25) is 13.1 Å². The minimum atomic E-state index is -0.774. The molecule has 0 aliphatic heterocycles. The minimum Gasteiger partial charge on any atom is -1.00 e. The van der Waals surface area contributed by atoms with Gasteiger partial charge in [-0.2, -0.15) is 0 Å². The van der Waals surface area contributed by atoms with Gasteiger partial charge in [-0.15, -0.1) is 0 Å². The van der Waals surface area contributed by atoms with E-state index in [0.29, 0.717) is 0 Å². The van der Waals surface area contributed by atoms with Gasteiger partial charge < -0.3 is 24.8 Å². The molecule has 2 aliphatic rings. The van der Waals surface area contributed by atoms with Crippen molar-refractivity contribution in [1.82, 2.24) is 0 Å². The predicted molar refractivity (Wildman–Crippen MR) is 93.2 cm³/mol. The van der Waals surface area contributed by atoms with Gasteiger partial charge in [0.15, 0.2) is 0 Å². The first kappa shape index (κ1) is 19.9. The summed E-state index contributed by atoms with van der Waals surface area (Å²) in [7, 11) is -0.774. The Kier molecular flexibility index (Phi) is 6.53. The predicted octanol–water partition coefficient (Wildman–Crippen LogP) is -1.12. The van der Waals surface area contributed by atoms with E-state index in [0.717, 1.165) is 6.42 Å². The van der Waals surface area contributed by atoms with Gasteiger partial charge in [0.25, 0.3) is 0 Å². The molecule has 0 heterocycles. The van der Waals surface area contributed by atoms with Gasteiger partial charge in [-0.3, -0.25) is 0 Å². The summed E-state index contributed by atoms with van der Waals surface area (Å²) in [5.41, 5.74) is 9.08. The van der Waals surface area contributed by atoms with Crippen LogP contribution in [0.5, 0.6) is 0 Å². The number of hydrogen-bond acceptors (Lipinski definition) is 0. The van der Waals surface area contributed by atoms with Gasteiger partial charge in [0, 0.05) is 0 Å². The van der Waals surface area contributed by atoms with E-state index < -0.39 is 8.80 Å². The molecule has 24 heavy (non-hydrogen) atoms. The van der Waals surface area contributed by atoms with Crippen LogP contribution in [0.25, 0.3) is 16.7 Å². The molecular formula is C20H19Cl2SiZr. The molecule has 0 spiro atoms. The first-order valence-electron chi connectivity index (χ1n) is 8.02. The Bertz CT molecular complexity index is 837. The standard InChI is InChI=1S/C20H19Si.2ClH.Zr/c1-21(2)20-12-6-11-18(20)17-10-5-9-16-15-8-4-3-7-14(15)13-19(16)17;;;/h3-5,7-10,12,21H,6,13H2,1-2H3;2*1H;/q;;;+2/p-2. The summed E-state index contributed by atoms with van der Waals surface area (Å²) in [6, 6.07) is 15.8. The molecule has 2 aliphatic carbocycles. The van der Waals surface area contributed by atoms with E-state index >= 15 is 0 Å². The van der Waals surface area contributed by atoms with E-state index in [-0.39, 0.29) is 24.8 Å². The molecule has 4 heteroatoms. The quantitative estimate of drug-likeness (QED) is 0.435. The zero-order valence-electron chi connectivity index (χ0n) is 13.9. The molecular weight excluding hydrogens is 430 g/mol. The Labute approximate surface area is 173 Å². The van der Waals surface area contributed by atoms with Crippen LogP contribution in [0.3, 0.4) is 0 Å². The minimum absolute atomic E-state index is 0. The Morgan fingerprint density at radius 1 is 0.875 bits per heavy atom. The van der Waals surface area contributed by atoms with Gasteiger partial charge in [-0.05, 0) is 0 Å². The molecule has 4 rings (SSSR count). The topological polar surface area (TPSA) is 0 Å². The fraction of sp³-hybridized carbons (Fsp3) is 0.200. The first-order chi connectivity index (χ1) is 10.7. The fourth-order valence-electron chi connectivity index (χ4n) is 3.82. The third-order valence-electron chi connectivity index (χ3n) is 4.86. The van der Waals surface area contributed by atoms with Crippen LogP contribution in [0.1, 0.15) is 23.1 Å². The zero-order chi connectivity index (χ0) is 15.3. The van der Waals surface area contributed by atoms with Crippen LogP contribution < -0.4 is 24.8 Å². The fourth-order valence-corrected chi connectivity index (χ4v) is 6.61. The van der Waals surface area contributed by atoms with Crippen molar-refractivity contribution in [3.05, 3.63) is 73.7 Å². The molecule has 2 aromatic rings. The van der Waals surface area contributed by atoms with Crippen LogP contribution in [0, 0.1) is 0 Å². The van der Waals surface area contributed by atoms with Crippen molar-refractivity contribution in [2.75, 3.05) is 0 Å². The van der Waals surface area contributed by atoms with E-state index in [4.69, 9.17) is 0 Å². The Morgan fingerprint density at radius 3 is 2.29 bits per heavy atom. The van der Waals surface area contributed by atoms with Crippen molar-refractivity contribution in [3.8, 4) is 11.1 Å². The normalized spacial score (nSPS) is 14.8. The van der Waals surface area contributed by atoms with Gasteiger partial charge in [0.05, 0.1) is 0 Å². The van der Waals surface area contributed by atoms with E-state index in [9.17, 15) is 0 Å². The summed E-state index contributed by atoms with van der Waals surface area (Å²) in [5.74, 6) is 0. The van der Waals surface area contributed by atoms with Crippen molar-refractivity contribution in [3.63, 3.8) is 0 Å². The second-order valence-corrected chi connectivity index (χ2v) is 11.0. The van der Waals surface area contributed by atoms with Crippen LogP contribution in [-0.4, -0.2) is 8.80 Å². The van der Waals surface area contributed by atoms with E-state index in [1.165, 1.54) is 28.7 Å². The Morgan fingerprint density at radius 2 is 1.54 bits per heavy atom. The number of allylic oxidation sites excluding steroid dienone is 4. The molecule has 0 N–H and O–H groups in total. The Balaban J connectivity index is 0.00000104. The third-order valence-corrected chi connectivity index (χ3v) is 7.74. The van der Waals surface area contributed by atoms with Gasteiger partial charge in [-0.1, -0.05) is 0 Å². The zero-order valence-corrected chi connectivity index (χ0v) is 19.0. The largest absolute Gasteiger partial charge is 1.00 e. The Hall–Kier alpha value is -0.400. The number of fused-ring (bicyclic) bond motifs is 3. The number of benzene rings is 2. The smallest absolute Gasteiger partial charge is 1.00 e. The molecule has 2 aromatic carbocycles. The molecule has 0 radical (unpaired) electrons. The van der Waals surface area contributed by atoms with Crippen LogP contribution >= 0.6 is 0 Å². The average molecular weight is 450 g/mol. The molecule has 0 fully saturated rings. The molecule has 0 saturated heterocycles. The molecule has 0 amide bonds. The maximum atomic E-state index is 2.51. The van der Waals surface area contributed by atoms with Gasteiger partial charge in [0.2, 0.25) is 0 Å². The summed E-state index contributed by atoms with van der Waals surface area (Å²) in [5, 5.41) is 1.69. The average Bonchev–Trinajstić information content (AvgIpc) is 3.07. The van der Waals surface area contributed by atoms with Crippen LogP contribution in [0.15, 0.2) is 57.0 Å². The molecule has 0 atom stereocenters.